The molecule has 0 aliphatic carbocycles. The number of aryl methyl sites for hydroxylation is 2. The summed E-state index contributed by atoms with van der Waals surface area (Å²) in [5, 5.41) is 10.6. The van der Waals surface area contributed by atoms with Crippen LogP contribution in [0.3, 0.4) is 0 Å². The minimum atomic E-state index is -0.495. The third-order valence-corrected chi connectivity index (χ3v) is 3.94. The third-order valence-electron chi connectivity index (χ3n) is 3.94. The SMILES string of the molecule is Cc1ccc(C)c(CC2(O)CCN(C)CC2)c1. The van der Waals surface area contributed by atoms with Crippen molar-refractivity contribution < 1.29 is 5.11 Å². The van der Waals surface area contributed by atoms with E-state index in [0.717, 1.165) is 32.4 Å². The van der Waals surface area contributed by atoms with Gasteiger partial charge in [0.1, 0.15) is 0 Å². The van der Waals surface area contributed by atoms with E-state index in [-0.39, 0.29) is 0 Å². The molecule has 1 aliphatic heterocycles. The first-order valence-corrected chi connectivity index (χ1v) is 6.46. The lowest BCUT2D eigenvalue weighted by Gasteiger charge is -2.37. The summed E-state index contributed by atoms with van der Waals surface area (Å²) in [6, 6.07) is 6.51. The number of hydrogen-bond donors (Lipinski definition) is 1. The van der Waals surface area contributed by atoms with Gasteiger partial charge in [-0.3, -0.25) is 0 Å². The summed E-state index contributed by atoms with van der Waals surface area (Å²) >= 11 is 0. The molecule has 1 heterocycles. The fourth-order valence-electron chi connectivity index (χ4n) is 2.56. The minimum absolute atomic E-state index is 0.495. The standard InChI is InChI=1S/C15H23NO/c1-12-4-5-13(2)14(10-12)11-15(17)6-8-16(3)9-7-15/h4-5,10,17H,6-9,11H2,1-3H3. The average Bonchev–Trinajstić information content (AvgIpc) is 2.28. The number of hydrogen-bond acceptors (Lipinski definition) is 2. The topological polar surface area (TPSA) is 23.5 Å². The average molecular weight is 233 g/mol. The second-order valence-corrected chi connectivity index (χ2v) is 5.63. The maximum Gasteiger partial charge on any atom is 0.0712 e. The van der Waals surface area contributed by atoms with E-state index in [9.17, 15) is 5.11 Å². The zero-order valence-electron chi connectivity index (χ0n) is 11.2. The van der Waals surface area contributed by atoms with Crippen molar-refractivity contribution in [1.82, 2.24) is 4.90 Å². The monoisotopic (exact) mass is 233 g/mol. The Kier molecular flexibility index (Phi) is 3.55. The van der Waals surface area contributed by atoms with E-state index < -0.39 is 5.60 Å². The van der Waals surface area contributed by atoms with E-state index in [4.69, 9.17) is 0 Å². The van der Waals surface area contributed by atoms with Crippen LogP contribution in [0.4, 0.5) is 0 Å². The quantitative estimate of drug-likeness (QED) is 0.847. The smallest absolute Gasteiger partial charge is 0.0712 e. The van der Waals surface area contributed by atoms with Gasteiger partial charge >= 0.3 is 0 Å². The van der Waals surface area contributed by atoms with Gasteiger partial charge in [-0.15, -0.1) is 0 Å². The Morgan fingerprint density at radius 1 is 1.24 bits per heavy atom. The van der Waals surface area contributed by atoms with E-state index in [1.807, 2.05) is 0 Å². The zero-order chi connectivity index (χ0) is 12.5. The van der Waals surface area contributed by atoms with Crippen molar-refractivity contribution >= 4 is 0 Å². The Labute approximate surface area is 104 Å². The number of benzene rings is 1. The molecule has 17 heavy (non-hydrogen) atoms. The Balaban J connectivity index is 2.12. The summed E-state index contributed by atoms with van der Waals surface area (Å²) in [7, 11) is 2.12. The summed E-state index contributed by atoms with van der Waals surface area (Å²) in [5.41, 5.74) is 3.38. The highest BCUT2D eigenvalue weighted by molar-refractivity contribution is 5.31. The van der Waals surface area contributed by atoms with Gasteiger partial charge in [0.25, 0.3) is 0 Å². The van der Waals surface area contributed by atoms with Crippen molar-refractivity contribution in [1.29, 1.82) is 0 Å². The second kappa shape index (κ2) is 4.79. The summed E-state index contributed by atoms with van der Waals surface area (Å²) in [4.78, 5) is 2.29. The first-order chi connectivity index (χ1) is 7.98. The molecule has 1 aromatic rings. The first kappa shape index (κ1) is 12.6. The maximum atomic E-state index is 10.6. The van der Waals surface area contributed by atoms with Crippen LogP contribution in [0.5, 0.6) is 0 Å². The normalized spacial score (nSPS) is 20.5. The molecular formula is C15H23NO. The number of nitrogens with zero attached hydrogens (tertiary/aromatic N) is 1. The fraction of sp³-hybridized carbons (Fsp3) is 0.600. The van der Waals surface area contributed by atoms with Gasteiger partial charge in [0.05, 0.1) is 5.60 Å². The predicted molar refractivity (Wildman–Crippen MR) is 71.3 cm³/mol. The van der Waals surface area contributed by atoms with Crippen molar-refractivity contribution in [3.8, 4) is 0 Å². The summed E-state index contributed by atoms with van der Waals surface area (Å²) < 4.78 is 0. The highest BCUT2D eigenvalue weighted by Gasteiger charge is 2.31. The lowest BCUT2D eigenvalue weighted by molar-refractivity contribution is -0.0151. The van der Waals surface area contributed by atoms with Crippen LogP contribution in [0, 0.1) is 13.8 Å². The highest BCUT2D eigenvalue weighted by atomic mass is 16.3. The molecule has 0 saturated carbocycles. The van der Waals surface area contributed by atoms with E-state index in [1.54, 1.807) is 0 Å². The molecule has 2 rings (SSSR count). The van der Waals surface area contributed by atoms with Crippen molar-refractivity contribution in [2.24, 2.45) is 0 Å². The molecule has 2 nitrogen and oxygen atoms in total. The minimum Gasteiger partial charge on any atom is -0.389 e. The van der Waals surface area contributed by atoms with Crippen LogP contribution in [-0.2, 0) is 6.42 Å². The zero-order valence-corrected chi connectivity index (χ0v) is 11.2. The van der Waals surface area contributed by atoms with Gasteiger partial charge in [-0.05, 0) is 44.9 Å². The Morgan fingerprint density at radius 3 is 2.53 bits per heavy atom. The molecule has 0 atom stereocenters. The van der Waals surface area contributed by atoms with Crippen LogP contribution in [0.25, 0.3) is 0 Å². The van der Waals surface area contributed by atoms with Crippen LogP contribution in [0.1, 0.15) is 29.5 Å². The van der Waals surface area contributed by atoms with Crippen LogP contribution in [0.15, 0.2) is 18.2 Å². The van der Waals surface area contributed by atoms with Crippen LogP contribution in [0.2, 0.25) is 0 Å². The Bertz CT molecular complexity index is 392. The molecular weight excluding hydrogens is 210 g/mol. The lowest BCUT2D eigenvalue weighted by Crippen LogP contribution is -2.44. The number of likely N-dealkylation sites (tertiary alicyclic amines) is 1. The van der Waals surface area contributed by atoms with Crippen molar-refractivity contribution in [2.45, 2.75) is 38.7 Å². The number of piperidine rings is 1. The highest BCUT2D eigenvalue weighted by Crippen LogP contribution is 2.27. The molecule has 0 unspecified atom stereocenters. The molecule has 0 spiro atoms. The molecule has 0 amide bonds. The molecule has 1 aliphatic rings. The van der Waals surface area contributed by atoms with Gasteiger partial charge in [0.15, 0.2) is 0 Å². The predicted octanol–water partition coefficient (Wildman–Crippen LogP) is 2.30. The van der Waals surface area contributed by atoms with Gasteiger partial charge in [0.2, 0.25) is 0 Å². The lowest BCUT2D eigenvalue weighted by atomic mass is 9.84. The van der Waals surface area contributed by atoms with E-state index >= 15 is 0 Å². The van der Waals surface area contributed by atoms with Crippen molar-refractivity contribution in [3.05, 3.63) is 34.9 Å². The van der Waals surface area contributed by atoms with Gasteiger partial charge in [-0.1, -0.05) is 23.8 Å². The van der Waals surface area contributed by atoms with Crippen LogP contribution in [-0.4, -0.2) is 35.7 Å². The largest absolute Gasteiger partial charge is 0.389 e. The van der Waals surface area contributed by atoms with Gasteiger partial charge < -0.3 is 10.0 Å². The van der Waals surface area contributed by atoms with E-state index in [0.29, 0.717) is 0 Å². The molecule has 1 fully saturated rings. The first-order valence-electron chi connectivity index (χ1n) is 6.46. The molecule has 2 heteroatoms. The summed E-state index contributed by atoms with van der Waals surface area (Å²) in [6.07, 6.45) is 2.57. The molecule has 0 radical (unpaired) electrons. The molecule has 1 saturated heterocycles. The molecule has 0 aromatic heterocycles. The Morgan fingerprint density at radius 2 is 1.88 bits per heavy atom. The molecule has 1 N–H and O–H groups in total. The summed E-state index contributed by atoms with van der Waals surface area (Å²) in [6.45, 7) is 6.25. The summed E-state index contributed by atoms with van der Waals surface area (Å²) in [5.74, 6) is 0. The van der Waals surface area contributed by atoms with Crippen LogP contribution < -0.4 is 0 Å². The number of rotatable bonds is 2. The van der Waals surface area contributed by atoms with Gasteiger partial charge in [-0.2, -0.15) is 0 Å². The van der Waals surface area contributed by atoms with Crippen molar-refractivity contribution in [3.63, 3.8) is 0 Å². The van der Waals surface area contributed by atoms with Crippen molar-refractivity contribution in [2.75, 3.05) is 20.1 Å². The van der Waals surface area contributed by atoms with E-state index in [2.05, 4.69) is 44.0 Å². The molecule has 0 bridgehead atoms. The van der Waals surface area contributed by atoms with Crippen LogP contribution >= 0.6 is 0 Å². The second-order valence-electron chi connectivity index (χ2n) is 5.63. The maximum absolute atomic E-state index is 10.6. The molecule has 94 valence electrons. The van der Waals surface area contributed by atoms with E-state index in [1.165, 1.54) is 16.7 Å². The van der Waals surface area contributed by atoms with Gasteiger partial charge in [-0.25, -0.2) is 0 Å². The van der Waals surface area contributed by atoms with Gasteiger partial charge in [0, 0.05) is 19.5 Å². The molecule has 1 aromatic carbocycles. The fourth-order valence-corrected chi connectivity index (χ4v) is 2.56. The Hall–Kier alpha value is -0.860. The third kappa shape index (κ3) is 3.08. The number of aliphatic hydroxyl groups is 1.